The van der Waals surface area contributed by atoms with Crippen LogP contribution in [0.15, 0.2) is 12.1 Å². The molecule has 0 saturated carbocycles. The quantitative estimate of drug-likeness (QED) is 0.855. The number of nitrogens with zero attached hydrogens (tertiary/aromatic N) is 1. The minimum absolute atomic E-state index is 0.151. The first kappa shape index (κ1) is 16.2. The van der Waals surface area contributed by atoms with E-state index in [-0.39, 0.29) is 5.69 Å². The van der Waals surface area contributed by atoms with E-state index in [9.17, 15) is 8.78 Å². The fourth-order valence-corrected chi connectivity index (χ4v) is 2.90. The first-order valence-electron chi connectivity index (χ1n) is 7.94. The first-order valence-corrected chi connectivity index (χ1v) is 7.94. The van der Waals surface area contributed by atoms with Gasteiger partial charge in [0.15, 0.2) is 0 Å². The number of nitrogens with one attached hydrogen (secondary N) is 1. The number of hydrogen-bond donors (Lipinski definition) is 1. The van der Waals surface area contributed by atoms with Crippen LogP contribution in [-0.2, 0) is 6.54 Å². The summed E-state index contributed by atoms with van der Waals surface area (Å²) in [5, 5.41) is 3.21. The third-order valence-electron chi connectivity index (χ3n) is 4.14. The summed E-state index contributed by atoms with van der Waals surface area (Å²) in [5.74, 6) is 0.201. The van der Waals surface area contributed by atoms with Gasteiger partial charge in [-0.05, 0) is 42.5 Å². The number of rotatable bonds is 6. The van der Waals surface area contributed by atoms with Crippen LogP contribution in [0, 0.1) is 23.5 Å². The van der Waals surface area contributed by atoms with Crippen LogP contribution in [0.4, 0.5) is 14.5 Å². The maximum absolute atomic E-state index is 14.3. The molecular formula is C17H26F2N2. The molecule has 118 valence electrons. The van der Waals surface area contributed by atoms with Crippen molar-refractivity contribution in [2.24, 2.45) is 11.8 Å². The molecule has 2 nitrogen and oxygen atoms in total. The van der Waals surface area contributed by atoms with Crippen LogP contribution in [0.25, 0.3) is 0 Å². The molecule has 2 rings (SSSR count). The highest BCUT2D eigenvalue weighted by atomic mass is 19.1. The van der Waals surface area contributed by atoms with Crippen molar-refractivity contribution in [3.63, 3.8) is 0 Å². The van der Waals surface area contributed by atoms with Crippen LogP contribution in [0.3, 0.4) is 0 Å². The summed E-state index contributed by atoms with van der Waals surface area (Å²) in [4.78, 5) is 1.85. The van der Waals surface area contributed by atoms with E-state index in [0.29, 0.717) is 23.9 Å². The highest BCUT2D eigenvalue weighted by Crippen LogP contribution is 2.30. The van der Waals surface area contributed by atoms with Gasteiger partial charge in [-0.3, -0.25) is 0 Å². The molecule has 0 aliphatic carbocycles. The maximum Gasteiger partial charge on any atom is 0.149 e. The smallest absolute Gasteiger partial charge is 0.149 e. The standard InChI is InChI=1S/C17H26F2N2/c1-4-13-5-6-21(11-13)17-15(18)7-14(8-16(17)19)10-20-9-12(2)3/h7-8,12-13,20H,4-6,9-11H2,1-3H3. The maximum atomic E-state index is 14.3. The zero-order valence-electron chi connectivity index (χ0n) is 13.3. The van der Waals surface area contributed by atoms with Crippen molar-refractivity contribution in [3.05, 3.63) is 29.3 Å². The summed E-state index contributed by atoms with van der Waals surface area (Å²) in [6.45, 7) is 9.19. The lowest BCUT2D eigenvalue weighted by molar-refractivity contribution is 0.540. The van der Waals surface area contributed by atoms with E-state index in [2.05, 4.69) is 26.1 Å². The van der Waals surface area contributed by atoms with Gasteiger partial charge >= 0.3 is 0 Å². The molecule has 1 N–H and O–H groups in total. The van der Waals surface area contributed by atoms with E-state index < -0.39 is 11.6 Å². The highest BCUT2D eigenvalue weighted by molar-refractivity contribution is 5.51. The van der Waals surface area contributed by atoms with Crippen LogP contribution >= 0.6 is 0 Å². The number of halogens is 2. The fraction of sp³-hybridized carbons (Fsp3) is 0.647. The Labute approximate surface area is 126 Å². The van der Waals surface area contributed by atoms with Crippen molar-refractivity contribution in [3.8, 4) is 0 Å². The molecule has 1 aliphatic heterocycles. The summed E-state index contributed by atoms with van der Waals surface area (Å²) < 4.78 is 28.5. The van der Waals surface area contributed by atoms with Gasteiger partial charge in [0.05, 0.1) is 0 Å². The van der Waals surface area contributed by atoms with Gasteiger partial charge in [0.1, 0.15) is 17.3 Å². The van der Waals surface area contributed by atoms with Crippen LogP contribution in [0.2, 0.25) is 0 Å². The normalized spacial score (nSPS) is 18.8. The Morgan fingerprint density at radius 1 is 1.29 bits per heavy atom. The van der Waals surface area contributed by atoms with Gasteiger partial charge in [0.2, 0.25) is 0 Å². The minimum atomic E-state index is -0.437. The van der Waals surface area contributed by atoms with E-state index in [1.54, 1.807) is 0 Å². The summed E-state index contributed by atoms with van der Waals surface area (Å²) in [6.07, 6.45) is 2.09. The zero-order valence-corrected chi connectivity index (χ0v) is 13.3. The van der Waals surface area contributed by atoms with E-state index in [4.69, 9.17) is 0 Å². The van der Waals surface area contributed by atoms with Gasteiger partial charge in [-0.25, -0.2) is 8.78 Å². The average molecular weight is 296 g/mol. The molecule has 0 aromatic heterocycles. The molecule has 1 atom stereocenters. The van der Waals surface area contributed by atoms with Crippen molar-refractivity contribution in [1.29, 1.82) is 0 Å². The van der Waals surface area contributed by atoms with E-state index in [1.807, 2.05) is 4.90 Å². The summed E-state index contributed by atoms with van der Waals surface area (Å²) >= 11 is 0. The second-order valence-electron chi connectivity index (χ2n) is 6.44. The molecule has 0 radical (unpaired) electrons. The van der Waals surface area contributed by atoms with Crippen molar-refractivity contribution in [1.82, 2.24) is 5.32 Å². The van der Waals surface area contributed by atoms with Crippen LogP contribution in [0.1, 0.15) is 39.2 Å². The molecule has 1 heterocycles. The molecule has 0 amide bonds. The molecule has 1 aliphatic rings. The lowest BCUT2D eigenvalue weighted by Crippen LogP contribution is -2.23. The Hall–Kier alpha value is -1.16. The molecule has 1 fully saturated rings. The largest absolute Gasteiger partial charge is 0.367 e. The summed E-state index contributed by atoms with van der Waals surface area (Å²) in [5.41, 5.74) is 0.819. The zero-order chi connectivity index (χ0) is 15.4. The lowest BCUT2D eigenvalue weighted by Gasteiger charge is -2.21. The van der Waals surface area contributed by atoms with Gasteiger partial charge in [-0.15, -0.1) is 0 Å². The minimum Gasteiger partial charge on any atom is -0.367 e. The second-order valence-corrected chi connectivity index (χ2v) is 6.44. The van der Waals surface area contributed by atoms with E-state index in [0.717, 1.165) is 32.5 Å². The van der Waals surface area contributed by atoms with Crippen molar-refractivity contribution >= 4 is 5.69 Å². The number of anilines is 1. The molecule has 0 bridgehead atoms. The predicted octanol–water partition coefficient (Wildman–Crippen LogP) is 3.95. The summed E-state index contributed by atoms with van der Waals surface area (Å²) in [7, 11) is 0. The third-order valence-corrected chi connectivity index (χ3v) is 4.14. The number of benzene rings is 1. The van der Waals surface area contributed by atoms with Gasteiger partial charge in [0.25, 0.3) is 0 Å². The molecule has 1 aromatic carbocycles. The first-order chi connectivity index (χ1) is 10.0. The molecular weight excluding hydrogens is 270 g/mol. The number of hydrogen-bond acceptors (Lipinski definition) is 2. The Kier molecular flexibility index (Phi) is 5.57. The van der Waals surface area contributed by atoms with Crippen molar-refractivity contribution in [2.75, 3.05) is 24.5 Å². The van der Waals surface area contributed by atoms with Crippen molar-refractivity contribution in [2.45, 2.75) is 40.2 Å². The predicted molar refractivity (Wildman–Crippen MR) is 83.5 cm³/mol. The Morgan fingerprint density at radius 3 is 2.48 bits per heavy atom. The molecule has 4 heteroatoms. The Bertz CT molecular complexity index is 451. The third kappa shape index (κ3) is 4.16. The Balaban J connectivity index is 2.07. The van der Waals surface area contributed by atoms with Gasteiger partial charge in [-0.2, -0.15) is 0 Å². The monoisotopic (exact) mass is 296 g/mol. The SMILES string of the molecule is CCC1CCN(c2c(F)cc(CNCC(C)C)cc2F)C1. The van der Waals surface area contributed by atoms with Crippen LogP contribution in [0.5, 0.6) is 0 Å². The topological polar surface area (TPSA) is 15.3 Å². The molecule has 21 heavy (non-hydrogen) atoms. The Morgan fingerprint density at radius 2 is 1.95 bits per heavy atom. The molecule has 0 spiro atoms. The average Bonchev–Trinajstić information content (AvgIpc) is 2.86. The van der Waals surface area contributed by atoms with Crippen LogP contribution < -0.4 is 10.2 Å². The van der Waals surface area contributed by atoms with Gasteiger partial charge in [-0.1, -0.05) is 27.2 Å². The lowest BCUT2D eigenvalue weighted by atomic mass is 10.1. The molecule has 1 saturated heterocycles. The fourth-order valence-electron chi connectivity index (χ4n) is 2.90. The van der Waals surface area contributed by atoms with Crippen molar-refractivity contribution < 1.29 is 8.78 Å². The van der Waals surface area contributed by atoms with Gasteiger partial charge in [0, 0.05) is 19.6 Å². The summed E-state index contributed by atoms with van der Waals surface area (Å²) in [6, 6.07) is 2.93. The van der Waals surface area contributed by atoms with E-state index in [1.165, 1.54) is 12.1 Å². The second kappa shape index (κ2) is 7.21. The van der Waals surface area contributed by atoms with E-state index >= 15 is 0 Å². The van der Waals surface area contributed by atoms with Gasteiger partial charge < -0.3 is 10.2 Å². The molecule has 1 unspecified atom stereocenters. The highest BCUT2D eigenvalue weighted by Gasteiger charge is 2.26. The van der Waals surface area contributed by atoms with Crippen LogP contribution in [-0.4, -0.2) is 19.6 Å². The molecule has 1 aromatic rings.